The van der Waals surface area contributed by atoms with Gasteiger partial charge in [-0.3, -0.25) is 4.79 Å². The summed E-state index contributed by atoms with van der Waals surface area (Å²) in [4.78, 5) is 23.9. The Kier molecular flexibility index (Phi) is 5.48. The van der Waals surface area contributed by atoms with Crippen LogP contribution in [0.3, 0.4) is 0 Å². The molecule has 0 fully saturated rings. The summed E-state index contributed by atoms with van der Waals surface area (Å²) in [6, 6.07) is 10.2. The van der Waals surface area contributed by atoms with E-state index in [0.29, 0.717) is 5.75 Å². The zero-order chi connectivity index (χ0) is 16.9. The highest BCUT2D eigenvalue weighted by atomic mass is 32.2. The second kappa shape index (κ2) is 7.77. The molecule has 124 valence electrons. The molecule has 2 heterocycles. The van der Waals surface area contributed by atoms with Crippen molar-refractivity contribution >= 4 is 39.2 Å². The average molecular weight is 358 g/mol. The molecule has 2 aromatic heterocycles. The van der Waals surface area contributed by atoms with E-state index in [1.807, 2.05) is 36.9 Å². The maximum absolute atomic E-state index is 12.3. The Morgan fingerprint density at radius 3 is 2.62 bits per heavy atom. The molecule has 6 heteroatoms. The number of thiophene rings is 1. The number of carbonyl (C=O) groups excluding carboxylic acids is 1. The normalized spacial score (nSPS) is 10.9. The molecule has 24 heavy (non-hydrogen) atoms. The quantitative estimate of drug-likeness (QED) is 0.487. The third-order valence-electron chi connectivity index (χ3n) is 3.87. The predicted molar refractivity (Wildman–Crippen MR) is 102 cm³/mol. The van der Waals surface area contributed by atoms with Crippen LogP contribution in [0.2, 0.25) is 0 Å². The van der Waals surface area contributed by atoms with Crippen molar-refractivity contribution in [1.29, 1.82) is 0 Å². The molecule has 0 N–H and O–H groups in total. The fraction of sp³-hybridized carbons (Fsp3) is 0.278. The minimum atomic E-state index is 0.147. The molecule has 0 aliphatic carbocycles. The number of fused-ring (bicyclic) bond motifs is 1. The van der Waals surface area contributed by atoms with E-state index in [1.165, 1.54) is 11.8 Å². The van der Waals surface area contributed by atoms with Crippen molar-refractivity contribution < 1.29 is 4.79 Å². The van der Waals surface area contributed by atoms with E-state index < -0.39 is 0 Å². The second-order valence-corrected chi connectivity index (χ2v) is 7.05. The van der Waals surface area contributed by atoms with Crippen LogP contribution >= 0.6 is 23.1 Å². The van der Waals surface area contributed by atoms with Crippen molar-refractivity contribution in [1.82, 2.24) is 14.9 Å². The Balaban J connectivity index is 1.91. The van der Waals surface area contributed by atoms with E-state index in [4.69, 9.17) is 0 Å². The summed E-state index contributed by atoms with van der Waals surface area (Å²) in [6.07, 6.45) is 1.58. The molecule has 0 spiro atoms. The van der Waals surface area contributed by atoms with Crippen LogP contribution in [0.15, 0.2) is 47.1 Å². The van der Waals surface area contributed by atoms with Crippen molar-refractivity contribution in [3.8, 4) is 11.1 Å². The van der Waals surface area contributed by atoms with Gasteiger partial charge in [-0.2, -0.15) is 0 Å². The highest BCUT2D eigenvalue weighted by Gasteiger charge is 2.16. The molecule has 0 bridgehead atoms. The molecule has 3 aromatic rings. The predicted octanol–water partition coefficient (Wildman–Crippen LogP) is 4.32. The summed E-state index contributed by atoms with van der Waals surface area (Å²) >= 11 is 3.11. The average Bonchev–Trinajstić information content (AvgIpc) is 3.06. The van der Waals surface area contributed by atoms with Gasteiger partial charge in [0.05, 0.1) is 11.1 Å². The number of hydrogen-bond donors (Lipinski definition) is 0. The number of thioether (sulfide) groups is 1. The van der Waals surface area contributed by atoms with E-state index in [2.05, 4.69) is 27.5 Å². The van der Waals surface area contributed by atoms with Crippen LogP contribution in [0.1, 0.15) is 13.8 Å². The number of carbonyl (C=O) groups is 1. The van der Waals surface area contributed by atoms with Crippen LogP contribution in [-0.4, -0.2) is 39.6 Å². The van der Waals surface area contributed by atoms with Gasteiger partial charge < -0.3 is 4.90 Å². The molecular weight excluding hydrogens is 338 g/mol. The van der Waals surface area contributed by atoms with Crippen LogP contribution in [-0.2, 0) is 4.79 Å². The summed E-state index contributed by atoms with van der Waals surface area (Å²) < 4.78 is 0. The van der Waals surface area contributed by atoms with E-state index >= 15 is 0 Å². The molecule has 0 saturated carbocycles. The van der Waals surface area contributed by atoms with Crippen molar-refractivity contribution in [3.05, 3.63) is 42.0 Å². The van der Waals surface area contributed by atoms with E-state index in [1.54, 1.807) is 17.7 Å². The first-order valence-electron chi connectivity index (χ1n) is 7.92. The molecule has 0 aliphatic rings. The highest BCUT2D eigenvalue weighted by molar-refractivity contribution is 8.00. The first kappa shape index (κ1) is 16.9. The van der Waals surface area contributed by atoms with Gasteiger partial charge in [-0.15, -0.1) is 11.3 Å². The van der Waals surface area contributed by atoms with Gasteiger partial charge in [0.15, 0.2) is 0 Å². The van der Waals surface area contributed by atoms with E-state index in [0.717, 1.165) is 39.5 Å². The third-order valence-corrected chi connectivity index (χ3v) is 5.73. The van der Waals surface area contributed by atoms with Crippen LogP contribution in [0.5, 0.6) is 0 Å². The topological polar surface area (TPSA) is 46.1 Å². The van der Waals surface area contributed by atoms with Gasteiger partial charge in [0, 0.05) is 24.0 Å². The molecule has 0 unspecified atom stereocenters. The summed E-state index contributed by atoms with van der Waals surface area (Å²) in [5, 5.41) is 4.04. The molecule has 1 aromatic carbocycles. The summed E-state index contributed by atoms with van der Waals surface area (Å²) in [5.74, 6) is 0.547. The number of rotatable bonds is 6. The Morgan fingerprint density at radius 2 is 1.92 bits per heavy atom. The lowest BCUT2D eigenvalue weighted by atomic mass is 10.1. The van der Waals surface area contributed by atoms with E-state index in [-0.39, 0.29) is 5.91 Å². The van der Waals surface area contributed by atoms with Gasteiger partial charge in [-0.05, 0) is 19.4 Å². The molecule has 0 atom stereocenters. The van der Waals surface area contributed by atoms with Crippen LogP contribution < -0.4 is 0 Å². The van der Waals surface area contributed by atoms with Crippen LogP contribution in [0, 0.1) is 0 Å². The van der Waals surface area contributed by atoms with Crippen molar-refractivity contribution in [2.75, 3.05) is 18.8 Å². The molecule has 0 radical (unpaired) electrons. The minimum absolute atomic E-state index is 0.147. The van der Waals surface area contributed by atoms with Gasteiger partial charge in [0.1, 0.15) is 16.2 Å². The Labute approximate surface area is 149 Å². The molecule has 4 nitrogen and oxygen atoms in total. The van der Waals surface area contributed by atoms with Gasteiger partial charge in [-0.1, -0.05) is 42.1 Å². The molecular formula is C18H19N3OS2. The highest BCUT2D eigenvalue weighted by Crippen LogP contribution is 2.37. The van der Waals surface area contributed by atoms with Crippen LogP contribution in [0.25, 0.3) is 21.3 Å². The van der Waals surface area contributed by atoms with Crippen LogP contribution in [0.4, 0.5) is 0 Å². The number of amides is 1. The van der Waals surface area contributed by atoms with E-state index in [9.17, 15) is 4.79 Å². The van der Waals surface area contributed by atoms with Crippen molar-refractivity contribution in [2.45, 2.75) is 18.9 Å². The van der Waals surface area contributed by atoms with Crippen molar-refractivity contribution in [3.63, 3.8) is 0 Å². The fourth-order valence-electron chi connectivity index (χ4n) is 2.58. The van der Waals surface area contributed by atoms with Gasteiger partial charge in [0.25, 0.3) is 0 Å². The SMILES string of the molecule is CCN(CC)C(=O)CSc1ncnc2scc(-c3ccccc3)c12. The lowest BCUT2D eigenvalue weighted by Gasteiger charge is -2.18. The van der Waals surface area contributed by atoms with Crippen molar-refractivity contribution in [2.24, 2.45) is 0 Å². The molecule has 0 aliphatic heterocycles. The summed E-state index contributed by atoms with van der Waals surface area (Å²) in [5.41, 5.74) is 2.28. The lowest BCUT2D eigenvalue weighted by Crippen LogP contribution is -2.31. The second-order valence-electron chi connectivity index (χ2n) is 5.23. The van der Waals surface area contributed by atoms with Gasteiger partial charge >= 0.3 is 0 Å². The molecule has 1 amide bonds. The maximum atomic E-state index is 12.3. The lowest BCUT2D eigenvalue weighted by molar-refractivity contribution is -0.127. The number of nitrogens with zero attached hydrogens (tertiary/aromatic N) is 3. The molecule has 0 saturated heterocycles. The monoisotopic (exact) mass is 357 g/mol. The Morgan fingerprint density at radius 1 is 1.17 bits per heavy atom. The Hall–Kier alpha value is -1.92. The maximum Gasteiger partial charge on any atom is 0.232 e. The number of hydrogen-bond acceptors (Lipinski definition) is 5. The largest absolute Gasteiger partial charge is 0.343 e. The zero-order valence-corrected chi connectivity index (χ0v) is 15.4. The molecule has 3 rings (SSSR count). The number of aromatic nitrogens is 2. The van der Waals surface area contributed by atoms with Gasteiger partial charge in [-0.25, -0.2) is 9.97 Å². The number of benzene rings is 1. The summed E-state index contributed by atoms with van der Waals surface area (Å²) in [7, 11) is 0. The standard InChI is InChI=1S/C18H19N3OS2/c1-3-21(4-2)15(22)11-24-18-16-14(13-8-6-5-7-9-13)10-23-17(16)19-12-20-18/h5-10,12H,3-4,11H2,1-2H3. The zero-order valence-electron chi connectivity index (χ0n) is 13.7. The minimum Gasteiger partial charge on any atom is -0.343 e. The summed E-state index contributed by atoms with van der Waals surface area (Å²) in [6.45, 7) is 5.48. The Bertz CT molecular complexity index is 829. The van der Waals surface area contributed by atoms with Gasteiger partial charge in [0.2, 0.25) is 5.91 Å². The smallest absolute Gasteiger partial charge is 0.232 e. The third kappa shape index (κ3) is 3.44. The first-order valence-corrected chi connectivity index (χ1v) is 9.79. The fourth-order valence-corrected chi connectivity index (χ4v) is 4.48. The first-order chi connectivity index (χ1) is 11.7.